The van der Waals surface area contributed by atoms with Gasteiger partial charge in [0.15, 0.2) is 0 Å². The van der Waals surface area contributed by atoms with Crippen LogP contribution in [0.25, 0.3) is 0 Å². The third kappa shape index (κ3) is 6.41. The summed E-state index contributed by atoms with van der Waals surface area (Å²) in [4.78, 5) is 27.5. The van der Waals surface area contributed by atoms with Gasteiger partial charge in [0.2, 0.25) is 0 Å². The zero-order chi connectivity index (χ0) is 25.5. The van der Waals surface area contributed by atoms with Crippen LogP contribution in [0.15, 0.2) is 76.0 Å². The second-order valence-corrected chi connectivity index (χ2v) is 9.71. The number of benzene rings is 2. The van der Waals surface area contributed by atoms with E-state index in [1.807, 2.05) is 30.3 Å². The molecule has 1 heterocycles. The van der Waals surface area contributed by atoms with Gasteiger partial charge in [-0.25, -0.2) is 9.59 Å². The van der Waals surface area contributed by atoms with E-state index in [4.69, 9.17) is 32.7 Å². The lowest BCUT2D eigenvalue weighted by Crippen LogP contribution is -2.34. The molecule has 9 heteroatoms. The number of hydrogen-bond acceptors (Lipinski definition) is 7. The lowest BCUT2D eigenvalue weighted by atomic mass is 9.80. The lowest BCUT2D eigenvalue weighted by Gasteiger charge is -2.31. The molecule has 0 fully saturated rings. The molecule has 0 saturated carbocycles. The maximum atomic E-state index is 13.5. The molecule has 1 aliphatic rings. The number of halogens is 2. The minimum absolute atomic E-state index is 0.164. The molecule has 0 spiro atoms. The monoisotopic (exact) mass is 535 g/mol. The van der Waals surface area contributed by atoms with Gasteiger partial charge in [-0.2, -0.15) is 0 Å². The number of carbonyl (C=O) groups excluding carboxylic acids is 2. The van der Waals surface area contributed by atoms with Gasteiger partial charge in [-0.05, 0) is 44.5 Å². The molecule has 0 amide bonds. The van der Waals surface area contributed by atoms with E-state index in [9.17, 15) is 14.7 Å². The topological polar surface area (TPSA) is 84.9 Å². The van der Waals surface area contributed by atoms with Crippen LogP contribution >= 0.6 is 35.0 Å². The highest BCUT2D eigenvalue weighted by Crippen LogP contribution is 2.43. The molecule has 0 radical (unpaired) electrons. The van der Waals surface area contributed by atoms with E-state index in [0.717, 1.165) is 4.90 Å². The molecule has 186 valence electrons. The van der Waals surface area contributed by atoms with Crippen molar-refractivity contribution in [2.45, 2.75) is 37.7 Å². The Morgan fingerprint density at radius 3 is 2.31 bits per heavy atom. The maximum absolute atomic E-state index is 13.5. The Bertz CT molecular complexity index is 1150. The second-order valence-electron chi connectivity index (χ2n) is 7.83. The van der Waals surface area contributed by atoms with Gasteiger partial charge in [0.05, 0.1) is 40.3 Å². The van der Waals surface area contributed by atoms with Crippen LogP contribution in [0.1, 0.15) is 32.3 Å². The average Bonchev–Trinajstić information content (AvgIpc) is 2.83. The van der Waals surface area contributed by atoms with Gasteiger partial charge in [0.1, 0.15) is 6.10 Å². The van der Waals surface area contributed by atoms with E-state index < -0.39 is 24.0 Å². The maximum Gasteiger partial charge on any atom is 0.337 e. The first kappa shape index (κ1) is 27.1. The van der Waals surface area contributed by atoms with Gasteiger partial charge < -0.3 is 19.9 Å². The average molecular weight is 536 g/mol. The zero-order valence-electron chi connectivity index (χ0n) is 19.6. The molecule has 2 atom stereocenters. The van der Waals surface area contributed by atoms with Crippen LogP contribution in [0.3, 0.4) is 0 Å². The number of aliphatic hydroxyl groups excluding tert-OH is 1. The molecule has 35 heavy (non-hydrogen) atoms. The van der Waals surface area contributed by atoms with Gasteiger partial charge >= 0.3 is 11.9 Å². The highest BCUT2D eigenvalue weighted by atomic mass is 35.5. The summed E-state index contributed by atoms with van der Waals surface area (Å²) in [5.41, 5.74) is 1.97. The van der Waals surface area contributed by atoms with Crippen LogP contribution in [0.4, 0.5) is 0 Å². The Morgan fingerprint density at radius 2 is 1.69 bits per heavy atom. The summed E-state index contributed by atoms with van der Waals surface area (Å²) in [6.07, 6.45) is -0.762. The summed E-state index contributed by atoms with van der Waals surface area (Å²) in [5.74, 6) is -1.75. The Labute approximate surface area is 219 Å². The van der Waals surface area contributed by atoms with Crippen LogP contribution in [-0.2, 0) is 19.1 Å². The Morgan fingerprint density at radius 1 is 1.03 bits per heavy atom. The van der Waals surface area contributed by atoms with Crippen LogP contribution in [0, 0.1) is 0 Å². The van der Waals surface area contributed by atoms with Crippen LogP contribution < -0.4 is 5.32 Å². The molecule has 2 aromatic carbocycles. The van der Waals surface area contributed by atoms with Crippen molar-refractivity contribution < 1.29 is 24.2 Å². The minimum atomic E-state index is -0.866. The van der Waals surface area contributed by atoms with Crippen molar-refractivity contribution in [3.63, 3.8) is 0 Å². The molecule has 0 bridgehead atoms. The quantitative estimate of drug-likeness (QED) is 0.324. The number of nitrogens with one attached hydrogen (secondary N) is 1. The molecule has 0 saturated heterocycles. The number of rotatable bonds is 9. The predicted octanol–water partition coefficient (Wildman–Crippen LogP) is 5.49. The first-order valence-electron chi connectivity index (χ1n) is 11.1. The van der Waals surface area contributed by atoms with Crippen molar-refractivity contribution in [1.29, 1.82) is 0 Å². The molecular weight excluding hydrogens is 509 g/mol. The number of thioether (sulfide) groups is 1. The smallest absolute Gasteiger partial charge is 0.337 e. The molecule has 2 N–H and O–H groups in total. The third-order valence-corrected chi connectivity index (χ3v) is 7.40. The SMILES string of the molecule is CCOC(=O)C1=C(C)NC(C)=C(C(=O)O[C@@H](CO)CSc2ccccc2)C1c1cccc(Cl)c1Cl. The van der Waals surface area contributed by atoms with E-state index in [0.29, 0.717) is 27.7 Å². The molecule has 6 nitrogen and oxygen atoms in total. The summed E-state index contributed by atoms with van der Waals surface area (Å²) >= 11 is 14.3. The van der Waals surface area contributed by atoms with Gasteiger partial charge in [0.25, 0.3) is 0 Å². The molecule has 3 rings (SSSR count). The van der Waals surface area contributed by atoms with Gasteiger partial charge in [-0.1, -0.05) is 53.5 Å². The highest BCUT2D eigenvalue weighted by molar-refractivity contribution is 7.99. The predicted molar refractivity (Wildman–Crippen MR) is 139 cm³/mol. The zero-order valence-corrected chi connectivity index (χ0v) is 22.0. The Balaban J connectivity index is 1.96. The van der Waals surface area contributed by atoms with Crippen LogP contribution in [0.5, 0.6) is 0 Å². The summed E-state index contributed by atoms with van der Waals surface area (Å²) in [6, 6.07) is 14.7. The number of allylic oxidation sites excluding steroid dienone is 2. The molecule has 0 aromatic heterocycles. The summed E-state index contributed by atoms with van der Waals surface area (Å²) < 4.78 is 11.0. The second kappa shape index (κ2) is 12.5. The number of esters is 2. The summed E-state index contributed by atoms with van der Waals surface area (Å²) in [5, 5.41) is 13.5. The van der Waals surface area contributed by atoms with Crippen molar-refractivity contribution in [3.8, 4) is 0 Å². The number of ether oxygens (including phenoxy) is 2. The van der Waals surface area contributed by atoms with Gasteiger partial charge in [-0.3, -0.25) is 0 Å². The number of carbonyl (C=O) groups is 2. The molecule has 1 aliphatic heterocycles. The summed E-state index contributed by atoms with van der Waals surface area (Å²) in [6.45, 7) is 4.97. The lowest BCUT2D eigenvalue weighted by molar-refractivity contribution is -0.145. The van der Waals surface area contributed by atoms with Crippen LogP contribution in [-0.4, -0.2) is 42.1 Å². The van der Waals surface area contributed by atoms with Crippen molar-refractivity contribution in [1.82, 2.24) is 5.32 Å². The van der Waals surface area contributed by atoms with Crippen molar-refractivity contribution in [3.05, 3.63) is 86.7 Å². The molecule has 2 aromatic rings. The van der Waals surface area contributed by atoms with E-state index in [1.165, 1.54) is 11.8 Å². The van der Waals surface area contributed by atoms with E-state index >= 15 is 0 Å². The molecule has 1 unspecified atom stereocenters. The Hall–Kier alpha value is -2.45. The third-order valence-electron chi connectivity index (χ3n) is 5.42. The summed E-state index contributed by atoms with van der Waals surface area (Å²) in [7, 11) is 0. The van der Waals surface area contributed by atoms with Crippen molar-refractivity contribution in [2.24, 2.45) is 0 Å². The Kier molecular flexibility index (Phi) is 9.69. The van der Waals surface area contributed by atoms with E-state index in [-0.39, 0.29) is 29.4 Å². The van der Waals surface area contributed by atoms with Crippen LogP contribution in [0.2, 0.25) is 10.0 Å². The normalized spacial score (nSPS) is 16.6. The fourth-order valence-electron chi connectivity index (χ4n) is 3.84. The molecular formula is C26H27Cl2NO5S. The number of aliphatic hydroxyl groups is 1. The number of dihydropyridines is 1. The first-order valence-corrected chi connectivity index (χ1v) is 12.8. The fourth-order valence-corrected chi connectivity index (χ4v) is 5.16. The highest BCUT2D eigenvalue weighted by Gasteiger charge is 2.39. The fraction of sp³-hybridized carbons (Fsp3) is 0.308. The van der Waals surface area contributed by atoms with Crippen molar-refractivity contribution >= 4 is 46.9 Å². The molecule has 0 aliphatic carbocycles. The van der Waals surface area contributed by atoms with E-state index in [1.54, 1.807) is 39.0 Å². The standard InChI is InChI=1S/C26H27Cl2NO5S/c1-4-33-25(31)21-15(2)29-16(3)22(23(21)19-11-8-12-20(27)24(19)28)26(32)34-17(13-30)14-35-18-9-6-5-7-10-18/h5-12,17,23,29-30H,4,13-14H2,1-3H3/t17-,23?/m0/s1. The van der Waals surface area contributed by atoms with Gasteiger partial charge in [0, 0.05) is 22.0 Å². The minimum Gasteiger partial charge on any atom is -0.463 e. The van der Waals surface area contributed by atoms with Gasteiger partial charge in [-0.15, -0.1) is 11.8 Å². The van der Waals surface area contributed by atoms with E-state index in [2.05, 4.69) is 5.32 Å². The van der Waals surface area contributed by atoms with Crippen molar-refractivity contribution in [2.75, 3.05) is 19.0 Å². The number of hydrogen-bond donors (Lipinski definition) is 2. The first-order chi connectivity index (χ1) is 16.8. The largest absolute Gasteiger partial charge is 0.463 e.